The number of hydrogen-bond donors (Lipinski definition) is 1. The molecule has 1 fully saturated rings. The zero-order valence-electron chi connectivity index (χ0n) is 10.8. The molecule has 104 valence electrons. The molecule has 1 atom stereocenters. The van der Waals surface area contributed by atoms with Crippen LogP contribution >= 0.6 is 0 Å². The van der Waals surface area contributed by atoms with Gasteiger partial charge in [-0.15, -0.1) is 0 Å². The lowest BCUT2D eigenvalue weighted by Crippen LogP contribution is -2.29. The molecule has 1 aliphatic heterocycles. The first-order valence-corrected chi connectivity index (χ1v) is 6.34. The Morgan fingerprint density at radius 3 is 2.47 bits per heavy atom. The van der Waals surface area contributed by atoms with E-state index < -0.39 is 17.2 Å². The molecule has 0 bridgehead atoms. The van der Waals surface area contributed by atoms with Gasteiger partial charge in [0, 0.05) is 18.7 Å². The first-order valence-electron chi connectivity index (χ1n) is 6.34. The Labute approximate surface area is 110 Å². The lowest BCUT2D eigenvalue weighted by molar-refractivity contribution is 0.0481. The number of aliphatic hydroxyl groups is 1. The van der Waals surface area contributed by atoms with Gasteiger partial charge in [-0.3, -0.25) is 4.79 Å². The van der Waals surface area contributed by atoms with Crippen molar-refractivity contribution in [3.05, 3.63) is 29.3 Å². The zero-order valence-corrected chi connectivity index (χ0v) is 10.8. The van der Waals surface area contributed by atoms with Gasteiger partial charge in [-0.1, -0.05) is 0 Å². The highest BCUT2D eigenvalue weighted by Gasteiger charge is 2.27. The molecule has 0 amide bonds. The molecule has 1 heterocycles. The number of carbonyl (C=O) groups excluding carboxylic acids is 1. The van der Waals surface area contributed by atoms with Gasteiger partial charge < -0.3 is 10.0 Å². The summed E-state index contributed by atoms with van der Waals surface area (Å²) in [5.74, 6) is -1.47. The van der Waals surface area contributed by atoms with Gasteiger partial charge in [0.15, 0.2) is 0 Å². The van der Waals surface area contributed by atoms with Crippen molar-refractivity contribution in [1.29, 1.82) is 0 Å². The minimum absolute atomic E-state index is 0.0134. The van der Waals surface area contributed by atoms with Crippen molar-refractivity contribution in [2.45, 2.75) is 31.8 Å². The van der Waals surface area contributed by atoms with Crippen molar-refractivity contribution in [2.75, 3.05) is 18.0 Å². The summed E-state index contributed by atoms with van der Waals surface area (Å²) in [4.78, 5) is 12.2. The average Bonchev–Trinajstić information content (AvgIpc) is 2.50. The largest absolute Gasteiger partial charge is 0.390 e. The van der Waals surface area contributed by atoms with Gasteiger partial charge in [-0.05, 0) is 38.3 Å². The third-order valence-electron chi connectivity index (χ3n) is 3.56. The lowest BCUT2D eigenvalue weighted by atomic mass is 9.98. The molecule has 5 heteroatoms. The van der Waals surface area contributed by atoms with Crippen LogP contribution in [-0.2, 0) is 0 Å². The molecule has 1 N–H and O–H groups in total. The normalized spacial score (nSPS) is 24.1. The predicted octanol–water partition coefficient (Wildman–Crippen LogP) is 2.52. The van der Waals surface area contributed by atoms with Crippen molar-refractivity contribution >= 4 is 12.0 Å². The third kappa shape index (κ3) is 3.10. The van der Waals surface area contributed by atoms with E-state index in [1.807, 2.05) is 0 Å². The number of aldehydes is 1. The fourth-order valence-corrected chi connectivity index (χ4v) is 2.44. The van der Waals surface area contributed by atoms with Crippen LogP contribution in [0.3, 0.4) is 0 Å². The molecule has 19 heavy (non-hydrogen) atoms. The maximum Gasteiger partial charge on any atom is 0.150 e. The van der Waals surface area contributed by atoms with E-state index in [0.717, 1.165) is 12.1 Å². The Bertz CT molecular complexity index is 465. The van der Waals surface area contributed by atoms with E-state index in [-0.39, 0.29) is 11.3 Å². The van der Waals surface area contributed by atoms with Crippen LogP contribution in [0.1, 0.15) is 36.5 Å². The molecule has 0 aromatic heterocycles. The number of hydrogen-bond acceptors (Lipinski definition) is 3. The first-order chi connectivity index (χ1) is 8.93. The lowest BCUT2D eigenvalue weighted by Gasteiger charge is -2.25. The fraction of sp³-hybridized carbons (Fsp3) is 0.500. The van der Waals surface area contributed by atoms with Crippen molar-refractivity contribution in [3.8, 4) is 0 Å². The molecular formula is C14H17F2NO2. The van der Waals surface area contributed by atoms with Gasteiger partial charge in [0.05, 0.1) is 5.60 Å². The summed E-state index contributed by atoms with van der Waals surface area (Å²) in [5.41, 5.74) is -0.909. The Kier molecular flexibility index (Phi) is 3.85. The first kappa shape index (κ1) is 13.9. The van der Waals surface area contributed by atoms with Crippen LogP contribution in [0.5, 0.6) is 0 Å². The molecule has 0 aliphatic carbocycles. The number of carbonyl (C=O) groups is 1. The second kappa shape index (κ2) is 5.25. The van der Waals surface area contributed by atoms with Crippen molar-refractivity contribution in [3.63, 3.8) is 0 Å². The molecule has 3 nitrogen and oxygen atoms in total. The van der Waals surface area contributed by atoms with Crippen LogP contribution in [0.2, 0.25) is 0 Å². The molecule has 1 aromatic rings. The van der Waals surface area contributed by atoms with E-state index in [9.17, 15) is 18.7 Å². The summed E-state index contributed by atoms with van der Waals surface area (Å²) in [5, 5.41) is 9.98. The van der Waals surface area contributed by atoms with E-state index in [4.69, 9.17) is 0 Å². The SMILES string of the molecule is CC1(O)CCCN(c2c(F)cc(C=O)cc2F)CC1. The van der Waals surface area contributed by atoms with Crippen LogP contribution < -0.4 is 4.90 Å². The zero-order chi connectivity index (χ0) is 14.0. The number of benzene rings is 1. The van der Waals surface area contributed by atoms with Crippen LogP contribution in [0.15, 0.2) is 12.1 Å². The maximum absolute atomic E-state index is 13.9. The number of anilines is 1. The van der Waals surface area contributed by atoms with Crippen molar-refractivity contribution in [1.82, 2.24) is 0 Å². The van der Waals surface area contributed by atoms with Crippen molar-refractivity contribution < 1.29 is 18.7 Å². The highest BCUT2D eigenvalue weighted by atomic mass is 19.1. The summed E-state index contributed by atoms with van der Waals surface area (Å²) in [7, 11) is 0. The highest BCUT2D eigenvalue weighted by Crippen LogP contribution is 2.29. The van der Waals surface area contributed by atoms with Gasteiger partial charge >= 0.3 is 0 Å². The van der Waals surface area contributed by atoms with Gasteiger partial charge in [-0.25, -0.2) is 8.78 Å². The summed E-state index contributed by atoms with van der Waals surface area (Å²) in [6, 6.07) is 2.07. The second-order valence-corrected chi connectivity index (χ2v) is 5.29. The Morgan fingerprint density at radius 2 is 1.89 bits per heavy atom. The van der Waals surface area contributed by atoms with Crippen molar-refractivity contribution in [2.24, 2.45) is 0 Å². The van der Waals surface area contributed by atoms with Gasteiger partial charge in [-0.2, -0.15) is 0 Å². The standard InChI is InChI=1S/C14H17F2NO2/c1-14(19)3-2-5-17(6-4-14)13-11(15)7-10(9-18)8-12(13)16/h7-9,19H,2-6H2,1H3. The highest BCUT2D eigenvalue weighted by molar-refractivity contribution is 5.76. The second-order valence-electron chi connectivity index (χ2n) is 5.29. The number of halogens is 2. The van der Waals surface area contributed by atoms with Crippen LogP contribution in [0.4, 0.5) is 14.5 Å². The van der Waals surface area contributed by atoms with Gasteiger partial charge in [0.25, 0.3) is 0 Å². The van der Waals surface area contributed by atoms with Gasteiger partial charge in [0.2, 0.25) is 0 Å². The molecule has 2 rings (SSSR count). The fourth-order valence-electron chi connectivity index (χ4n) is 2.44. The number of nitrogens with zero attached hydrogens (tertiary/aromatic N) is 1. The average molecular weight is 269 g/mol. The van der Waals surface area contributed by atoms with Crippen LogP contribution in [0.25, 0.3) is 0 Å². The molecule has 0 radical (unpaired) electrons. The predicted molar refractivity (Wildman–Crippen MR) is 68.4 cm³/mol. The molecule has 1 aromatic carbocycles. The van der Waals surface area contributed by atoms with Gasteiger partial charge in [0.1, 0.15) is 23.6 Å². The van der Waals surface area contributed by atoms with E-state index in [0.29, 0.717) is 38.6 Å². The summed E-state index contributed by atoms with van der Waals surface area (Å²) in [6.45, 7) is 2.62. The summed E-state index contributed by atoms with van der Waals surface area (Å²) < 4.78 is 27.8. The summed E-state index contributed by atoms with van der Waals surface area (Å²) in [6.07, 6.45) is 2.16. The quantitative estimate of drug-likeness (QED) is 0.839. The van der Waals surface area contributed by atoms with E-state index in [1.165, 1.54) is 0 Å². The smallest absolute Gasteiger partial charge is 0.150 e. The van der Waals surface area contributed by atoms with E-state index >= 15 is 0 Å². The molecular weight excluding hydrogens is 252 g/mol. The minimum atomic E-state index is -0.787. The molecule has 0 saturated carbocycles. The van der Waals surface area contributed by atoms with E-state index in [1.54, 1.807) is 11.8 Å². The molecule has 1 saturated heterocycles. The Morgan fingerprint density at radius 1 is 1.26 bits per heavy atom. The maximum atomic E-state index is 13.9. The Hall–Kier alpha value is -1.49. The molecule has 1 aliphatic rings. The van der Waals surface area contributed by atoms with Crippen LogP contribution in [0, 0.1) is 11.6 Å². The minimum Gasteiger partial charge on any atom is -0.390 e. The third-order valence-corrected chi connectivity index (χ3v) is 3.56. The van der Waals surface area contributed by atoms with Crippen LogP contribution in [-0.4, -0.2) is 30.1 Å². The Balaban J connectivity index is 2.29. The monoisotopic (exact) mass is 269 g/mol. The molecule has 1 unspecified atom stereocenters. The number of rotatable bonds is 2. The topological polar surface area (TPSA) is 40.5 Å². The van der Waals surface area contributed by atoms with E-state index in [2.05, 4.69) is 0 Å². The molecule has 0 spiro atoms. The summed E-state index contributed by atoms with van der Waals surface area (Å²) >= 11 is 0.